The Labute approximate surface area is 131 Å². The van der Waals surface area contributed by atoms with E-state index in [1.807, 2.05) is 30.3 Å². The summed E-state index contributed by atoms with van der Waals surface area (Å²) < 4.78 is 0. The van der Waals surface area contributed by atoms with E-state index in [-0.39, 0.29) is 12.6 Å². The first-order valence-corrected chi connectivity index (χ1v) is 7.59. The summed E-state index contributed by atoms with van der Waals surface area (Å²) in [4.78, 5) is 4.00. The molecule has 1 aromatic carbocycles. The molecule has 2 N–H and O–H groups in total. The van der Waals surface area contributed by atoms with Gasteiger partial charge in [0.1, 0.15) is 5.15 Å². The van der Waals surface area contributed by atoms with Gasteiger partial charge in [-0.25, -0.2) is 4.98 Å². The Bertz CT molecular complexity index is 547. The summed E-state index contributed by atoms with van der Waals surface area (Å²) in [5.74, 6) is 0.302. The number of aromatic nitrogens is 1. The number of aliphatic hydroxyl groups is 1. The third-order valence-corrected chi connectivity index (χ3v) is 3.88. The van der Waals surface area contributed by atoms with Gasteiger partial charge in [0, 0.05) is 25.4 Å². The molecule has 0 amide bonds. The third kappa shape index (κ3) is 4.81. The van der Waals surface area contributed by atoms with Gasteiger partial charge in [0.2, 0.25) is 0 Å². The molecule has 0 bridgehead atoms. The third-order valence-electron chi connectivity index (χ3n) is 3.67. The number of nitrogens with zero attached hydrogens (tertiary/aromatic N) is 1. The van der Waals surface area contributed by atoms with Crippen molar-refractivity contribution < 1.29 is 5.11 Å². The van der Waals surface area contributed by atoms with E-state index in [1.165, 1.54) is 5.56 Å². The van der Waals surface area contributed by atoms with Gasteiger partial charge in [-0.1, -0.05) is 41.9 Å². The highest BCUT2D eigenvalue weighted by atomic mass is 35.5. The van der Waals surface area contributed by atoms with Crippen LogP contribution in [0.25, 0.3) is 0 Å². The van der Waals surface area contributed by atoms with Crippen molar-refractivity contribution in [3.05, 3.63) is 64.9 Å². The molecule has 4 heteroatoms. The van der Waals surface area contributed by atoms with Crippen LogP contribution in [-0.2, 0) is 0 Å². The highest BCUT2D eigenvalue weighted by molar-refractivity contribution is 6.29. The van der Waals surface area contributed by atoms with Crippen molar-refractivity contribution in [2.45, 2.75) is 25.3 Å². The second kappa shape index (κ2) is 8.13. The monoisotopic (exact) mass is 304 g/mol. The summed E-state index contributed by atoms with van der Waals surface area (Å²) in [6, 6.07) is 14.3. The van der Waals surface area contributed by atoms with Gasteiger partial charge in [-0.2, -0.15) is 0 Å². The zero-order valence-electron chi connectivity index (χ0n) is 12.2. The van der Waals surface area contributed by atoms with Crippen LogP contribution < -0.4 is 5.32 Å². The van der Waals surface area contributed by atoms with E-state index >= 15 is 0 Å². The van der Waals surface area contributed by atoms with Crippen molar-refractivity contribution in [2.24, 2.45) is 0 Å². The predicted molar refractivity (Wildman–Crippen MR) is 86.6 cm³/mol. The molecule has 0 aliphatic carbocycles. The second-order valence-electron chi connectivity index (χ2n) is 5.16. The molecule has 0 aliphatic rings. The number of hydrogen-bond acceptors (Lipinski definition) is 3. The summed E-state index contributed by atoms with van der Waals surface area (Å²) in [6.07, 6.45) is 2.47. The Balaban J connectivity index is 1.98. The lowest BCUT2D eigenvalue weighted by molar-refractivity contribution is 0.272. The molecule has 2 rings (SSSR count). The topological polar surface area (TPSA) is 45.1 Å². The van der Waals surface area contributed by atoms with Gasteiger partial charge >= 0.3 is 0 Å². The minimum atomic E-state index is 0.190. The van der Waals surface area contributed by atoms with Gasteiger partial charge in [-0.05, 0) is 42.5 Å². The van der Waals surface area contributed by atoms with E-state index in [4.69, 9.17) is 11.6 Å². The van der Waals surface area contributed by atoms with Crippen LogP contribution >= 0.6 is 11.6 Å². The van der Waals surface area contributed by atoms with E-state index in [0.717, 1.165) is 18.5 Å². The number of pyridine rings is 1. The number of halogens is 1. The average molecular weight is 305 g/mol. The van der Waals surface area contributed by atoms with Crippen molar-refractivity contribution in [1.82, 2.24) is 10.3 Å². The lowest BCUT2D eigenvalue weighted by Crippen LogP contribution is -2.25. The maximum Gasteiger partial charge on any atom is 0.129 e. The molecule has 3 nitrogen and oxygen atoms in total. The first kappa shape index (κ1) is 16.0. The van der Waals surface area contributed by atoms with Crippen LogP contribution in [0.5, 0.6) is 0 Å². The van der Waals surface area contributed by atoms with E-state index in [2.05, 4.69) is 29.4 Å². The molecule has 112 valence electrons. The molecule has 0 saturated heterocycles. The van der Waals surface area contributed by atoms with Crippen LogP contribution in [0.15, 0.2) is 48.7 Å². The van der Waals surface area contributed by atoms with Crippen LogP contribution in [-0.4, -0.2) is 23.2 Å². The van der Waals surface area contributed by atoms with E-state index in [0.29, 0.717) is 11.1 Å². The minimum Gasteiger partial charge on any atom is -0.396 e. The summed E-state index contributed by atoms with van der Waals surface area (Å²) in [6.45, 7) is 3.11. The van der Waals surface area contributed by atoms with Gasteiger partial charge in [-0.15, -0.1) is 0 Å². The molecule has 0 radical (unpaired) electrons. The smallest absolute Gasteiger partial charge is 0.129 e. The number of benzene rings is 1. The molecule has 2 unspecified atom stereocenters. The van der Waals surface area contributed by atoms with E-state index in [1.54, 1.807) is 6.20 Å². The summed E-state index contributed by atoms with van der Waals surface area (Å²) in [7, 11) is 0. The molecule has 0 aliphatic heterocycles. The minimum absolute atomic E-state index is 0.190. The quantitative estimate of drug-likeness (QED) is 0.769. The zero-order valence-corrected chi connectivity index (χ0v) is 12.9. The summed E-state index contributed by atoms with van der Waals surface area (Å²) >= 11 is 5.93. The molecule has 0 fully saturated rings. The number of hydrogen-bond donors (Lipinski definition) is 2. The molecular formula is C17H21ClN2O. The van der Waals surface area contributed by atoms with Crippen LogP contribution in [0.1, 0.15) is 36.4 Å². The van der Waals surface area contributed by atoms with Crippen LogP contribution in [0.4, 0.5) is 0 Å². The Morgan fingerprint density at radius 1 is 1.19 bits per heavy atom. The first-order valence-electron chi connectivity index (χ1n) is 7.21. The molecule has 0 saturated carbocycles. The standard InChI is InChI=1S/C17H21ClN2O/c1-13(15-7-9-19-17(18)11-15)20-12-16(8-10-21)14-5-3-2-4-6-14/h2-7,9,11,13,16,20-21H,8,10,12H2,1H3. The fourth-order valence-electron chi connectivity index (χ4n) is 2.39. The molecule has 1 heterocycles. The molecule has 2 aromatic rings. The van der Waals surface area contributed by atoms with Gasteiger partial charge < -0.3 is 10.4 Å². The van der Waals surface area contributed by atoms with Gasteiger partial charge in [0.05, 0.1) is 0 Å². The fourth-order valence-corrected chi connectivity index (χ4v) is 2.57. The van der Waals surface area contributed by atoms with Gasteiger partial charge in [-0.3, -0.25) is 0 Å². The Morgan fingerprint density at radius 2 is 1.95 bits per heavy atom. The van der Waals surface area contributed by atoms with Crippen LogP contribution in [0.3, 0.4) is 0 Å². The van der Waals surface area contributed by atoms with Crippen molar-refractivity contribution in [1.29, 1.82) is 0 Å². The normalized spacial score (nSPS) is 13.9. The van der Waals surface area contributed by atoms with Crippen LogP contribution in [0.2, 0.25) is 5.15 Å². The van der Waals surface area contributed by atoms with Crippen molar-refractivity contribution in [3.63, 3.8) is 0 Å². The van der Waals surface area contributed by atoms with Crippen molar-refractivity contribution in [3.8, 4) is 0 Å². The zero-order chi connectivity index (χ0) is 15.1. The molecule has 21 heavy (non-hydrogen) atoms. The van der Waals surface area contributed by atoms with E-state index < -0.39 is 0 Å². The lowest BCUT2D eigenvalue weighted by Gasteiger charge is -2.21. The fraction of sp³-hybridized carbons (Fsp3) is 0.353. The number of nitrogens with one attached hydrogen (secondary N) is 1. The highest BCUT2D eigenvalue weighted by Crippen LogP contribution is 2.21. The Morgan fingerprint density at radius 3 is 2.62 bits per heavy atom. The first-order chi connectivity index (χ1) is 10.2. The largest absolute Gasteiger partial charge is 0.396 e. The SMILES string of the molecule is CC(NCC(CCO)c1ccccc1)c1ccnc(Cl)c1. The Kier molecular flexibility index (Phi) is 6.18. The number of aliphatic hydroxyl groups excluding tert-OH is 1. The number of rotatable bonds is 7. The van der Waals surface area contributed by atoms with Crippen molar-refractivity contribution in [2.75, 3.05) is 13.2 Å². The van der Waals surface area contributed by atoms with Crippen molar-refractivity contribution >= 4 is 11.6 Å². The van der Waals surface area contributed by atoms with Crippen LogP contribution in [0, 0.1) is 0 Å². The molecule has 1 aromatic heterocycles. The maximum absolute atomic E-state index is 9.26. The average Bonchev–Trinajstić information content (AvgIpc) is 2.52. The lowest BCUT2D eigenvalue weighted by atomic mass is 9.95. The van der Waals surface area contributed by atoms with Gasteiger partial charge in [0.15, 0.2) is 0 Å². The summed E-state index contributed by atoms with van der Waals surface area (Å²) in [5, 5.41) is 13.3. The Hall–Kier alpha value is -1.42. The maximum atomic E-state index is 9.26. The van der Waals surface area contributed by atoms with Gasteiger partial charge in [0.25, 0.3) is 0 Å². The molecular weight excluding hydrogens is 284 g/mol. The molecule has 0 spiro atoms. The highest BCUT2D eigenvalue weighted by Gasteiger charge is 2.13. The predicted octanol–water partition coefficient (Wildman–Crippen LogP) is 3.55. The summed E-state index contributed by atoms with van der Waals surface area (Å²) in [5.41, 5.74) is 2.37. The second-order valence-corrected chi connectivity index (χ2v) is 5.55. The van der Waals surface area contributed by atoms with E-state index in [9.17, 15) is 5.11 Å². The molecule has 2 atom stereocenters.